The van der Waals surface area contributed by atoms with Gasteiger partial charge in [0.15, 0.2) is 23.8 Å². The second-order valence-corrected chi connectivity index (χ2v) is 13.9. The molecule has 0 spiro atoms. The van der Waals surface area contributed by atoms with Crippen LogP contribution in [0.2, 0.25) is 0 Å². The topological polar surface area (TPSA) is 116 Å². The average molecular weight is 817 g/mol. The molecule has 1 rings (SSSR count). The predicted octanol–water partition coefficient (Wildman–Crippen LogP) is 10.8. The number of carbonyl (C=O) groups is 5. The van der Waals surface area contributed by atoms with E-state index in [0.717, 1.165) is 35.7 Å². The highest BCUT2D eigenvalue weighted by Gasteiger charge is 2.29. The third kappa shape index (κ3) is 37.3. The highest BCUT2D eigenvalue weighted by Crippen LogP contribution is 2.18. The number of methoxy groups -OCH3 is 1. The van der Waals surface area contributed by atoms with Gasteiger partial charge in [-0.2, -0.15) is 0 Å². The van der Waals surface area contributed by atoms with Gasteiger partial charge < -0.3 is 23.9 Å². The van der Waals surface area contributed by atoms with Crippen molar-refractivity contribution in [3.8, 4) is 0 Å². The van der Waals surface area contributed by atoms with Gasteiger partial charge in [-0.05, 0) is 77.3 Å². The van der Waals surface area contributed by atoms with E-state index in [9.17, 15) is 24.0 Å². The molecule has 9 nitrogen and oxygen atoms in total. The van der Waals surface area contributed by atoms with Crippen molar-refractivity contribution < 1.29 is 38.2 Å². The SMILES string of the molecule is CC.CC.CC(C)CC(C)C=O.CC/C=C(/COC)N(C)C(CC(C)C)C(=O)OC(C)C(C)=O.CCCC(=O)C(C)OC(C)=O.Cc1ccc(Br)cc1. The van der Waals surface area contributed by atoms with Gasteiger partial charge in [0.25, 0.3) is 0 Å². The van der Waals surface area contributed by atoms with Gasteiger partial charge in [-0.25, -0.2) is 4.79 Å². The van der Waals surface area contributed by atoms with E-state index in [-0.39, 0.29) is 23.5 Å². The van der Waals surface area contributed by atoms with Crippen LogP contribution in [-0.2, 0) is 38.2 Å². The summed E-state index contributed by atoms with van der Waals surface area (Å²) in [4.78, 5) is 57.1. The van der Waals surface area contributed by atoms with Gasteiger partial charge in [-0.1, -0.05) is 116 Å². The largest absolute Gasteiger partial charge is 0.455 e. The molecule has 0 saturated heterocycles. The summed E-state index contributed by atoms with van der Waals surface area (Å²) >= 11 is 3.35. The third-order valence-corrected chi connectivity index (χ3v) is 7.39. The van der Waals surface area contributed by atoms with Crippen LogP contribution >= 0.6 is 15.9 Å². The molecule has 4 unspecified atom stereocenters. The molecule has 0 aromatic heterocycles. The lowest BCUT2D eigenvalue weighted by molar-refractivity contribution is -0.158. The second kappa shape index (κ2) is 38.9. The molecule has 0 bridgehead atoms. The lowest BCUT2D eigenvalue weighted by Crippen LogP contribution is -2.42. The first-order valence-electron chi connectivity index (χ1n) is 19.3. The molecule has 0 heterocycles. The smallest absolute Gasteiger partial charge is 0.329 e. The number of ether oxygens (including phenoxy) is 3. The normalized spacial score (nSPS) is 12.4. The highest BCUT2D eigenvalue weighted by molar-refractivity contribution is 9.10. The molecule has 0 amide bonds. The van der Waals surface area contributed by atoms with Crippen LogP contribution in [0.5, 0.6) is 0 Å². The molecule has 0 saturated carbocycles. The Morgan fingerprint density at radius 1 is 0.811 bits per heavy atom. The van der Waals surface area contributed by atoms with Crippen molar-refractivity contribution in [1.29, 1.82) is 0 Å². The Morgan fingerprint density at radius 3 is 1.62 bits per heavy atom. The fraction of sp³-hybridized carbons (Fsp3) is 0.698. The zero-order valence-electron chi connectivity index (χ0n) is 36.8. The number of allylic oxidation sites excluding steroid dienone is 1. The summed E-state index contributed by atoms with van der Waals surface area (Å²) in [5, 5.41) is 0. The van der Waals surface area contributed by atoms with Crippen molar-refractivity contribution in [3.05, 3.63) is 46.1 Å². The van der Waals surface area contributed by atoms with Crippen molar-refractivity contribution in [1.82, 2.24) is 4.90 Å². The number of carbonyl (C=O) groups excluding carboxylic acids is 5. The Labute approximate surface area is 333 Å². The maximum atomic E-state index is 12.5. The first kappa shape index (κ1) is 59.4. The molecule has 1 aromatic rings. The number of rotatable bonds is 17. The van der Waals surface area contributed by atoms with Crippen molar-refractivity contribution in [2.75, 3.05) is 20.8 Å². The molecule has 53 heavy (non-hydrogen) atoms. The summed E-state index contributed by atoms with van der Waals surface area (Å²) in [5.74, 6) is 0.297. The molecule has 310 valence electrons. The molecule has 10 heteroatoms. The predicted molar refractivity (Wildman–Crippen MR) is 225 cm³/mol. The zero-order valence-corrected chi connectivity index (χ0v) is 38.3. The average Bonchev–Trinajstić information content (AvgIpc) is 3.10. The van der Waals surface area contributed by atoms with Gasteiger partial charge in [0, 0.05) is 43.6 Å². The number of hydrogen-bond acceptors (Lipinski definition) is 9. The Kier molecular flexibility index (Phi) is 43.6. The monoisotopic (exact) mass is 815 g/mol. The van der Waals surface area contributed by atoms with Gasteiger partial charge in [0.1, 0.15) is 12.3 Å². The minimum atomic E-state index is -0.711. The number of nitrogens with zero attached hydrogens (tertiary/aromatic N) is 1. The van der Waals surface area contributed by atoms with E-state index in [4.69, 9.17) is 9.47 Å². The third-order valence-electron chi connectivity index (χ3n) is 6.86. The van der Waals surface area contributed by atoms with Crippen LogP contribution in [0.1, 0.15) is 142 Å². The molecule has 1 aromatic carbocycles. The molecule has 0 aliphatic heterocycles. The summed E-state index contributed by atoms with van der Waals surface area (Å²) in [6, 6.07) is 7.80. The Balaban J connectivity index is -0.000000206. The van der Waals surface area contributed by atoms with Gasteiger partial charge in [0.2, 0.25) is 0 Å². The van der Waals surface area contributed by atoms with E-state index < -0.39 is 24.2 Å². The highest BCUT2D eigenvalue weighted by atomic mass is 79.9. The number of halogens is 1. The fourth-order valence-corrected chi connectivity index (χ4v) is 4.44. The van der Waals surface area contributed by atoms with Crippen molar-refractivity contribution in [2.24, 2.45) is 17.8 Å². The van der Waals surface area contributed by atoms with Crippen molar-refractivity contribution >= 4 is 45.7 Å². The van der Waals surface area contributed by atoms with Gasteiger partial charge in [-0.3, -0.25) is 14.4 Å². The molecule has 0 fully saturated rings. The van der Waals surface area contributed by atoms with Crippen LogP contribution in [-0.4, -0.2) is 73.7 Å². The Bertz CT molecular complexity index is 1080. The van der Waals surface area contributed by atoms with Crippen LogP contribution in [0.3, 0.4) is 0 Å². The van der Waals surface area contributed by atoms with Gasteiger partial charge in [0.05, 0.1) is 6.61 Å². The first-order valence-corrected chi connectivity index (χ1v) is 20.1. The fourth-order valence-electron chi connectivity index (χ4n) is 4.18. The maximum Gasteiger partial charge on any atom is 0.329 e. The van der Waals surface area contributed by atoms with Gasteiger partial charge in [-0.15, -0.1) is 0 Å². The Hall–Kier alpha value is -2.85. The quantitative estimate of drug-likeness (QED) is 0.112. The van der Waals surface area contributed by atoms with E-state index >= 15 is 0 Å². The molecule has 0 aliphatic carbocycles. The second-order valence-electron chi connectivity index (χ2n) is 13.0. The lowest BCUT2D eigenvalue weighted by Gasteiger charge is -2.32. The molecule has 0 radical (unpaired) electrons. The number of ketones is 2. The van der Waals surface area contributed by atoms with Crippen LogP contribution in [0.15, 0.2) is 40.5 Å². The van der Waals surface area contributed by atoms with E-state index in [2.05, 4.69) is 67.4 Å². The number of benzene rings is 1. The number of likely N-dealkylation sites (N-methyl/N-ethyl adjacent to an activating group) is 1. The summed E-state index contributed by atoms with van der Waals surface area (Å²) in [6.07, 6.45) is 5.58. The number of Topliss-reactive ketones (excluding diaryl/α,β-unsaturated/α-hetero) is 2. The zero-order chi connectivity index (χ0) is 42.7. The first-order chi connectivity index (χ1) is 24.8. The summed E-state index contributed by atoms with van der Waals surface area (Å²) in [6.45, 7) is 30.7. The van der Waals surface area contributed by atoms with Crippen LogP contribution in [0.25, 0.3) is 0 Å². The van der Waals surface area contributed by atoms with Crippen molar-refractivity contribution in [3.63, 3.8) is 0 Å². The molecular formula is C43H78BrNO8. The van der Waals surface area contributed by atoms with Crippen LogP contribution < -0.4 is 0 Å². The van der Waals surface area contributed by atoms with E-state index in [1.807, 2.05) is 78.6 Å². The number of hydrogen-bond donors (Lipinski definition) is 0. The van der Waals surface area contributed by atoms with E-state index in [0.29, 0.717) is 31.3 Å². The summed E-state index contributed by atoms with van der Waals surface area (Å²) in [5.41, 5.74) is 2.25. The standard InChI is InChI=1S/C17H31NO4.C8H14O3.C7H7Br.C7H14O.2C2H6/c1-8-9-15(11-21-7)18(6)16(10-12(2)3)17(20)22-14(5)13(4)19;1-4-5-8(10)6(2)11-7(3)9;1-6-2-4-7(8)5-3-6;1-6(2)4-7(3)5-8;2*1-2/h9,12,14,16H,8,10-11H2,1-7H3;6H,4-5H2,1-3H3;2-5H,1H3;5-7H,4H2,1-3H3;2*1-2H3/b15-9-;;;;;. The van der Waals surface area contributed by atoms with Crippen molar-refractivity contribution in [2.45, 2.75) is 161 Å². The minimum absolute atomic E-state index is 0.0114. The Morgan fingerprint density at radius 2 is 1.30 bits per heavy atom. The molecule has 4 atom stereocenters. The minimum Gasteiger partial charge on any atom is -0.455 e. The lowest BCUT2D eigenvalue weighted by atomic mass is 10.0. The molecule has 0 N–H and O–H groups in total. The number of aryl methyl sites for hydroxylation is 1. The van der Waals surface area contributed by atoms with Gasteiger partial charge >= 0.3 is 11.9 Å². The van der Waals surface area contributed by atoms with E-state index in [1.54, 1.807) is 21.0 Å². The van der Waals surface area contributed by atoms with E-state index in [1.165, 1.54) is 19.4 Å². The summed E-state index contributed by atoms with van der Waals surface area (Å²) in [7, 11) is 3.50. The molecule has 0 aliphatic rings. The maximum absolute atomic E-state index is 12.5. The summed E-state index contributed by atoms with van der Waals surface area (Å²) < 4.78 is 16.3. The molecular weight excluding hydrogens is 738 g/mol. The van der Waals surface area contributed by atoms with Crippen LogP contribution in [0, 0.1) is 24.7 Å². The number of aldehydes is 1. The van der Waals surface area contributed by atoms with Crippen LogP contribution in [0.4, 0.5) is 0 Å². The number of esters is 2.